The van der Waals surface area contributed by atoms with Gasteiger partial charge in [-0.15, -0.1) is 0 Å². The summed E-state index contributed by atoms with van der Waals surface area (Å²) < 4.78 is 47.4. The fourth-order valence-corrected chi connectivity index (χ4v) is 3.22. The van der Waals surface area contributed by atoms with Gasteiger partial charge >= 0.3 is 0 Å². The summed E-state index contributed by atoms with van der Waals surface area (Å²) in [4.78, 5) is -0.0461. The molecule has 0 atom stereocenters. The van der Waals surface area contributed by atoms with Crippen LogP contribution in [-0.4, -0.2) is 26.6 Å². The minimum absolute atomic E-state index is 0.0461. The molecule has 0 radical (unpaired) electrons. The highest BCUT2D eigenvalue weighted by Crippen LogP contribution is 2.35. The fraction of sp³-hybridized carbons (Fsp3) is 0.500. The monoisotopic (exact) mass is 275 g/mol. The maximum Gasteiger partial charge on any atom is 0.252 e. The molecule has 1 saturated carbocycles. The van der Waals surface area contributed by atoms with Crippen molar-refractivity contribution in [2.45, 2.75) is 36.1 Å². The smallest absolute Gasteiger partial charge is 0.252 e. The van der Waals surface area contributed by atoms with Gasteiger partial charge in [0.15, 0.2) is 9.84 Å². The normalized spacial score (nSPS) is 24.0. The molecule has 0 spiro atoms. The minimum atomic E-state index is -3.88. The standard InChI is InChI=1S/C12H15F2NO2S/c13-12(14)7-18(16,17)11-3-1-8(2-4-11)9-5-10(15)6-9/h1-4,9-10,12H,5-7,15H2. The van der Waals surface area contributed by atoms with Gasteiger partial charge in [-0.3, -0.25) is 0 Å². The largest absolute Gasteiger partial charge is 0.328 e. The molecule has 3 nitrogen and oxygen atoms in total. The molecular formula is C12H15F2NO2S. The molecule has 100 valence electrons. The lowest BCUT2D eigenvalue weighted by Crippen LogP contribution is -2.34. The SMILES string of the molecule is NC1CC(c2ccc(S(=O)(=O)CC(F)F)cc2)C1. The van der Waals surface area contributed by atoms with Crippen molar-refractivity contribution in [1.29, 1.82) is 0 Å². The van der Waals surface area contributed by atoms with E-state index in [0.29, 0.717) is 5.92 Å². The van der Waals surface area contributed by atoms with Crippen molar-refractivity contribution in [2.24, 2.45) is 5.73 Å². The number of nitrogens with two attached hydrogens (primary N) is 1. The molecule has 0 aliphatic heterocycles. The zero-order valence-electron chi connectivity index (χ0n) is 9.72. The Bertz CT molecular complexity index is 507. The molecular weight excluding hydrogens is 260 g/mol. The van der Waals surface area contributed by atoms with Gasteiger partial charge in [-0.2, -0.15) is 0 Å². The molecule has 0 bridgehead atoms. The van der Waals surface area contributed by atoms with Crippen LogP contribution in [0.3, 0.4) is 0 Å². The van der Waals surface area contributed by atoms with Crippen molar-refractivity contribution in [3.63, 3.8) is 0 Å². The average molecular weight is 275 g/mol. The Balaban J connectivity index is 2.12. The number of halogens is 2. The van der Waals surface area contributed by atoms with Crippen LogP contribution in [0.5, 0.6) is 0 Å². The van der Waals surface area contributed by atoms with Crippen LogP contribution in [0.2, 0.25) is 0 Å². The maximum absolute atomic E-state index is 12.1. The number of hydrogen-bond acceptors (Lipinski definition) is 3. The van der Waals surface area contributed by atoms with Gasteiger partial charge in [0.1, 0.15) is 5.75 Å². The van der Waals surface area contributed by atoms with E-state index >= 15 is 0 Å². The molecule has 1 fully saturated rings. The van der Waals surface area contributed by atoms with Gasteiger partial charge in [0.25, 0.3) is 6.43 Å². The van der Waals surface area contributed by atoms with Crippen LogP contribution in [-0.2, 0) is 9.84 Å². The van der Waals surface area contributed by atoms with Crippen LogP contribution < -0.4 is 5.73 Å². The number of rotatable bonds is 4. The summed E-state index contributed by atoms with van der Waals surface area (Å²) >= 11 is 0. The molecule has 0 unspecified atom stereocenters. The molecule has 0 saturated heterocycles. The van der Waals surface area contributed by atoms with Crippen molar-refractivity contribution >= 4 is 9.84 Å². The van der Waals surface area contributed by atoms with Crippen LogP contribution in [0.1, 0.15) is 24.3 Å². The highest BCUT2D eigenvalue weighted by molar-refractivity contribution is 7.91. The molecule has 0 amide bonds. The second kappa shape index (κ2) is 4.93. The second-order valence-corrected chi connectivity index (χ2v) is 6.70. The predicted molar refractivity (Wildman–Crippen MR) is 64.4 cm³/mol. The summed E-state index contributed by atoms with van der Waals surface area (Å²) in [7, 11) is -3.88. The van der Waals surface area contributed by atoms with Crippen LogP contribution >= 0.6 is 0 Å². The van der Waals surface area contributed by atoms with E-state index < -0.39 is 22.0 Å². The van der Waals surface area contributed by atoms with Gasteiger partial charge in [-0.25, -0.2) is 17.2 Å². The number of benzene rings is 1. The first-order valence-electron chi connectivity index (χ1n) is 5.75. The van der Waals surface area contributed by atoms with E-state index in [4.69, 9.17) is 5.73 Å². The van der Waals surface area contributed by atoms with Gasteiger partial charge in [0.05, 0.1) is 4.90 Å². The number of sulfone groups is 1. The maximum atomic E-state index is 12.1. The summed E-state index contributed by atoms with van der Waals surface area (Å²) in [5, 5.41) is 0. The Hall–Kier alpha value is -1.01. The lowest BCUT2D eigenvalue weighted by atomic mass is 9.76. The lowest BCUT2D eigenvalue weighted by Gasteiger charge is -2.32. The third-order valence-corrected chi connectivity index (χ3v) is 4.91. The van der Waals surface area contributed by atoms with Gasteiger partial charge in [-0.05, 0) is 36.5 Å². The summed E-state index contributed by atoms with van der Waals surface area (Å²) in [5.74, 6) is -0.757. The van der Waals surface area contributed by atoms with E-state index in [2.05, 4.69) is 0 Å². The van der Waals surface area contributed by atoms with Crippen molar-refractivity contribution in [3.8, 4) is 0 Å². The first-order valence-corrected chi connectivity index (χ1v) is 7.40. The molecule has 0 aromatic heterocycles. The highest BCUT2D eigenvalue weighted by atomic mass is 32.2. The molecule has 1 aliphatic rings. The first-order chi connectivity index (χ1) is 8.38. The minimum Gasteiger partial charge on any atom is -0.328 e. The Morgan fingerprint density at radius 2 is 1.78 bits per heavy atom. The van der Waals surface area contributed by atoms with Gasteiger partial charge in [0.2, 0.25) is 0 Å². The van der Waals surface area contributed by atoms with Crippen LogP contribution in [0, 0.1) is 0 Å². The molecule has 1 aliphatic carbocycles. The number of alkyl halides is 2. The van der Waals surface area contributed by atoms with E-state index in [1.807, 2.05) is 0 Å². The quantitative estimate of drug-likeness (QED) is 0.913. The molecule has 6 heteroatoms. The van der Waals surface area contributed by atoms with Crippen LogP contribution in [0.15, 0.2) is 29.2 Å². The Morgan fingerprint density at radius 3 is 2.22 bits per heavy atom. The summed E-state index contributed by atoms with van der Waals surface area (Å²) in [6.45, 7) is 0. The van der Waals surface area contributed by atoms with E-state index in [9.17, 15) is 17.2 Å². The molecule has 2 rings (SSSR count). The Labute approximate surface area is 105 Å². The van der Waals surface area contributed by atoms with Gasteiger partial charge in [-0.1, -0.05) is 12.1 Å². The average Bonchev–Trinajstić information content (AvgIpc) is 2.23. The molecule has 18 heavy (non-hydrogen) atoms. The summed E-state index contributed by atoms with van der Waals surface area (Å²) in [6.07, 6.45) is -1.06. The highest BCUT2D eigenvalue weighted by Gasteiger charge is 2.27. The summed E-state index contributed by atoms with van der Waals surface area (Å²) in [5.41, 5.74) is 6.70. The van der Waals surface area contributed by atoms with Crippen LogP contribution in [0.4, 0.5) is 8.78 Å². The second-order valence-electron chi connectivity index (χ2n) is 4.67. The van der Waals surface area contributed by atoms with E-state index in [-0.39, 0.29) is 10.9 Å². The van der Waals surface area contributed by atoms with E-state index in [1.54, 1.807) is 12.1 Å². The van der Waals surface area contributed by atoms with Crippen molar-refractivity contribution in [2.75, 3.05) is 5.75 Å². The predicted octanol–water partition coefficient (Wildman–Crippen LogP) is 1.93. The van der Waals surface area contributed by atoms with E-state index in [1.165, 1.54) is 12.1 Å². The lowest BCUT2D eigenvalue weighted by molar-refractivity contribution is 0.174. The summed E-state index contributed by atoms with van der Waals surface area (Å²) in [6, 6.07) is 6.40. The molecule has 1 aromatic rings. The van der Waals surface area contributed by atoms with Gasteiger partial charge in [0, 0.05) is 6.04 Å². The zero-order valence-corrected chi connectivity index (χ0v) is 10.5. The topological polar surface area (TPSA) is 60.2 Å². The number of hydrogen-bond donors (Lipinski definition) is 1. The van der Waals surface area contributed by atoms with Crippen molar-refractivity contribution in [1.82, 2.24) is 0 Å². The Morgan fingerprint density at radius 1 is 1.22 bits per heavy atom. The van der Waals surface area contributed by atoms with Crippen molar-refractivity contribution in [3.05, 3.63) is 29.8 Å². The fourth-order valence-electron chi connectivity index (χ4n) is 2.14. The van der Waals surface area contributed by atoms with Crippen LogP contribution in [0.25, 0.3) is 0 Å². The van der Waals surface area contributed by atoms with E-state index in [0.717, 1.165) is 18.4 Å². The van der Waals surface area contributed by atoms with Crippen molar-refractivity contribution < 1.29 is 17.2 Å². The molecule has 1 aromatic carbocycles. The Kier molecular flexibility index (Phi) is 3.68. The molecule has 0 heterocycles. The zero-order chi connectivity index (χ0) is 13.3. The molecule has 2 N–H and O–H groups in total. The first kappa shape index (κ1) is 13.4. The third-order valence-electron chi connectivity index (χ3n) is 3.23. The third kappa shape index (κ3) is 2.87. The van der Waals surface area contributed by atoms with Gasteiger partial charge < -0.3 is 5.73 Å².